The predicted molar refractivity (Wildman–Crippen MR) is 134 cm³/mol. The highest BCUT2D eigenvalue weighted by Gasteiger charge is 2.86. The highest BCUT2D eigenvalue weighted by Crippen LogP contribution is 2.92. The Labute approximate surface area is 191 Å². The lowest BCUT2D eigenvalue weighted by Crippen LogP contribution is -2.40. The fraction of sp³-hybridized carbons (Fsp3) is 0.667. The van der Waals surface area contributed by atoms with Crippen molar-refractivity contribution in [3.8, 4) is 0 Å². The molecule has 4 aliphatic rings. The Morgan fingerprint density at radius 2 is 1.90 bits per heavy atom. The lowest BCUT2D eigenvalue weighted by atomic mass is 9.56. The van der Waals surface area contributed by atoms with E-state index >= 15 is 0 Å². The molecule has 7 unspecified atom stereocenters. The minimum Gasteiger partial charge on any atom is -0.375 e. The van der Waals surface area contributed by atoms with Crippen LogP contribution in [0.3, 0.4) is 0 Å². The summed E-state index contributed by atoms with van der Waals surface area (Å²) in [6, 6.07) is 9.72. The minimum absolute atomic E-state index is 0.450. The van der Waals surface area contributed by atoms with Crippen molar-refractivity contribution in [2.24, 2.45) is 34.0 Å². The molecular weight excluding hydrogens is 374 g/mol. The summed E-state index contributed by atoms with van der Waals surface area (Å²) in [5.74, 6) is 3.33. The van der Waals surface area contributed by atoms with Gasteiger partial charge in [-0.1, -0.05) is 63.6 Å². The third-order valence-corrected chi connectivity index (χ3v) is 10.9. The van der Waals surface area contributed by atoms with Crippen molar-refractivity contribution in [2.75, 3.05) is 18.5 Å². The first kappa shape index (κ1) is 21.4. The zero-order valence-corrected chi connectivity index (χ0v) is 20.6. The zero-order valence-electron chi connectivity index (χ0n) is 20.6. The third-order valence-electron chi connectivity index (χ3n) is 10.9. The molecule has 168 valence electrons. The van der Waals surface area contributed by atoms with E-state index in [1.54, 1.807) is 11.1 Å². The Kier molecular flexibility index (Phi) is 5.00. The van der Waals surface area contributed by atoms with E-state index in [9.17, 15) is 0 Å². The van der Waals surface area contributed by atoms with Gasteiger partial charge in [0.2, 0.25) is 0 Å². The Hall–Kier alpha value is -1.50. The monoisotopic (exact) mass is 417 g/mol. The molecule has 0 saturated heterocycles. The largest absolute Gasteiger partial charge is 0.375 e. The lowest BCUT2D eigenvalue weighted by Gasteiger charge is -2.48. The number of fused-ring (bicyclic) bond motifs is 2. The van der Waals surface area contributed by atoms with Crippen LogP contribution in [0.5, 0.6) is 0 Å². The van der Waals surface area contributed by atoms with Crippen molar-refractivity contribution in [3.63, 3.8) is 0 Å². The Balaban J connectivity index is 1.62. The van der Waals surface area contributed by atoms with Gasteiger partial charge >= 0.3 is 0 Å². The van der Waals surface area contributed by atoms with Gasteiger partial charge in [-0.05, 0) is 97.6 Å². The molecule has 0 radical (unpaired) electrons. The average molecular weight is 418 g/mol. The minimum atomic E-state index is 0.450. The standard InChI is InChI=1S/C30H43N/c1-7-10-23-17-19-30-26-16-11-21(4)28(26,5)20-25(27(30)29(23,30)18-8-2)22-12-14-24(15-13-22)31(6)9-3/h7,10,12-15,21,25-27H,1,8-9,11,16-20H2,2-6H3/b23-10-. The van der Waals surface area contributed by atoms with Gasteiger partial charge in [0.25, 0.3) is 0 Å². The smallest absolute Gasteiger partial charge is 0.0363 e. The maximum atomic E-state index is 4.11. The summed E-state index contributed by atoms with van der Waals surface area (Å²) in [5, 5.41) is 0. The summed E-state index contributed by atoms with van der Waals surface area (Å²) in [5.41, 5.74) is 6.22. The van der Waals surface area contributed by atoms with E-state index in [-0.39, 0.29) is 0 Å². The Morgan fingerprint density at radius 1 is 1.16 bits per heavy atom. The van der Waals surface area contributed by atoms with Crippen molar-refractivity contribution in [3.05, 3.63) is 54.1 Å². The van der Waals surface area contributed by atoms with E-state index < -0.39 is 0 Å². The molecule has 4 aliphatic carbocycles. The van der Waals surface area contributed by atoms with E-state index in [1.165, 1.54) is 50.6 Å². The van der Waals surface area contributed by atoms with E-state index in [4.69, 9.17) is 0 Å². The second-order valence-electron chi connectivity index (χ2n) is 11.6. The number of benzene rings is 1. The van der Waals surface area contributed by atoms with Crippen LogP contribution in [0.2, 0.25) is 0 Å². The maximum absolute atomic E-state index is 4.11. The Bertz CT molecular complexity index is 880. The molecule has 7 atom stereocenters. The highest BCUT2D eigenvalue weighted by molar-refractivity contribution is 5.51. The van der Waals surface area contributed by atoms with Gasteiger partial charge in [0.05, 0.1) is 0 Å². The molecule has 4 fully saturated rings. The van der Waals surface area contributed by atoms with Crippen LogP contribution in [0.25, 0.3) is 0 Å². The van der Waals surface area contributed by atoms with Gasteiger partial charge in [-0.2, -0.15) is 0 Å². The van der Waals surface area contributed by atoms with Crippen LogP contribution in [0.15, 0.2) is 48.6 Å². The summed E-state index contributed by atoms with van der Waals surface area (Å²) in [6.07, 6.45) is 14.2. The molecule has 0 aliphatic heterocycles. The average Bonchev–Trinajstić information content (AvgIpc) is 3.05. The summed E-state index contributed by atoms with van der Waals surface area (Å²) in [6.45, 7) is 15.0. The van der Waals surface area contributed by atoms with Crippen LogP contribution in [0, 0.1) is 34.0 Å². The first-order valence-electron chi connectivity index (χ1n) is 13.0. The molecule has 0 N–H and O–H groups in total. The van der Waals surface area contributed by atoms with Gasteiger partial charge in [-0.3, -0.25) is 0 Å². The topological polar surface area (TPSA) is 3.24 Å². The molecular formula is C30H43N. The number of anilines is 1. The summed E-state index contributed by atoms with van der Waals surface area (Å²) >= 11 is 0. The second-order valence-corrected chi connectivity index (χ2v) is 11.6. The van der Waals surface area contributed by atoms with Crippen molar-refractivity contribution in [2.45, 2.75) is 78.6 Å². The quantitative estimate of drug-likeness (QED) is 0.453. The number of rotatable bonds is 6. The molecule has 0 amide bonds. The van der Waals surface area contributed by atoms with Crippen LogP contribution >= 0.6 is 0 Å². The van der Waals surface area contributed by atoms with E-state index in [1.807, 2.05) is 0 Å². The first-order valence-corrected chi connectivity index (χ1v) is 13.0. The molecule has 1 aromatic carbocycles. The van der Waals surface area contributed by atoms with Gasteiger partial charge in [-0.25, -0.2) is 0 Å². The van der Waals surface area contributed by atoms with E-state index in [0.29, 0.717) is 22.2 Å². The van der Waals surface area contributed by atoms with Crippen LogP contribution in [0.1, 0.15) is 84.1 Å². The molecule has 5 rings (SSSR count). The molecule has 1 heteroatoms. The van der Waals surface area contributed by atoms with Crippen molar-refractivity contribution >= 4 is 5.69 Å². The SMILES string of the molecule is C=C/C=C1/CCC23C4CCC(C)C4(C)CC(c4ccc(N(C)CC)cc4)C2C13CCC. The number of allylic oxidation sites excluding steroid dienone is 3. The number of nitrogens with zero attached hydrogens (tertiary/aromatic N) is 1. The highest BCUT2D eigenvalue weighted by atomic mass is 15.1. The van der Waals surface area contributed by atoms with E-state index in [0.717, 1.165) is 24.3 Å². The molecule has 0 bridgehead atoms. The van der Waals surface area contributed by atoms with Crippen LogP contribution in [0.4, 0.5) is 5.69 Å². The predicted octanol–water partition coefficient (Wildman–Crippen LogP) is 7.99. The zero-order chi connectivity index (χ0) is 22.0. The van der Waals surface area contributed by atoms with Crippen LogP contribution < -0.4 is 4.90 Å². The van der Waals surface area contributed by atoms with Crippen LogP contribution in [-0.2, 0) is 0 Å². The molecule has 1 spiro atoms. The number of hydrogen-bond donors (Lipinski definition) is 0. The molecule has 4 saturated carbocycles. The maximum Gasteiger partial charge on any atom is 0.0363 e. The molecule has 0 aromatic heterocycles. The third kappa shape index (κ3) is 2.56. The Morgan fingerprint density at radius 3 is 2.55 bits per heavy atom. The fourth-order valence-electron chi connectivity index (χ4n) is 9.49. The summed E-state index contributed by atoms with van der Waals surface area (Å²) in [7, 11) is 2.20. The van der Waals surface area contributed by atoms with Gasteiger partial charge in [0, 0.05) is 24.7 Å². The summed E-state index contributed by atoms with van der Waals surface area (Å²) < 4.78 is 0. The molecule has 0 heterocycles. The normalized spacial score (nSPS) is 44.0. The van der Waals surface area contributed by atoms with Gasteiger partial charge in [0.15, 0.2) is 0 Å². The second kappa shape index (κ2) is 7.26. The first-order chi connectivity index (χ1) is 14.9. The molecule has 1 aromatic rings. The van der Waals surface area contributed by atoms with Gasteiger partial charge in [-0.15, -0.1) is 0 Å². The van der Waals surface area contributed by atoms with Gasteiger partial charge < -0.3 is 4.90 Å². The van der Waals surface area contributed by atoms with Crippen molar-refractivity contribution in [1.82, 2.24) is 0 Å². The summed E-state index contributed by atoms with van der Waals surface area (Å²) in [4.78, 5) is 2.35. The van der Waals surface area contributed by atoms with Crippen LogP contribution in [-0.4, -0.2) is 13.6 Å². The number of hydrogen-bond acceptors (Lipinski definition) is 1. The lowest BCUT2D eigenvalue weighted by molar-refractivity contribution is 0.0287. The molecule has 1 nitrogen and oxygen atoms in total. The fourth-order valence-corrected chi connectivity index (χ4v) is 9.49. The van der Waals surface area contributed by atoms with E-state index in [2.05, 4.69) is 82.6 Å². The van der Waals surface area contributed by atoms with Gasteiger partial charge in [0.1, 0.15) is 0 Å². The molecule has 31 heavy (non-hydrogen) atoms. The van der Waals surface area contributed by atoms with Crippen molar-refractivity contribution in [1.29, 1.82) is 0 Å². The van der Waals surface area contributed by atoms with Crippen molar-refractivity contribution < 1.29 is 0 Å².